The molecule has 0 fully saturated rings. The third kappa shape index (κ3) is 3.27. The maximum Gasteiger partial charge on any atom is 0.292 e. The van der Waals surface area contributed by atoms with E-state index >= 15 is 0 Å². The number of hydrogen-bond donors (Lipinski definition) is 0. The van der Waals surface area contributed by atoms with Crippen LogP contribution >= 0.6 is 31.9 Å². The number of hydrogen-bond acceptors (Lipinski definition) is 6. The van der Waals surface area contributed by atoms with E-state index in [1.165, 1.54) is 12.1 Å². The minimum absolute atomic E-state index is 0.380. The maximum absolute atomic E-state index is 13.2. The molecule has 2 heterocycles. The molecule has 6 nitrogen and oxygen atoms in total. The van der Waals surface area contributed by atoms with E-state index in [1.807, 2.05) is 0 Å². The number of fused-ring (bicyclic) bond motifs is 2. The van der Waals surface area contributed by atoms with Crippen LogP contribution in [0, 0.1) is 0 Å². The van der Waals surface area contributed by atoms with E-state index < -0.39 is 21.6 Å². The molecule has 0 N–H and O–H groups in total. The highest BCUT2D eigenvalue weighted by molar-refractivity contribution is 9.30. The monoisotopic (exact) mass is 554 g/mol. The van der Waals surface area contributed by atoms with Crippen molar-refractivity contribution in [2.75, 3.05) is 0 Å². The Hall–Kier alpha value is -1.88. The molecule has 0 unspecified atom stereocenters. The minimum Gasteiger partial charge on any atom is -0.236 e. The second-order valence-electron chi connectivity index (χ2n) is 6.15. The minimum atomic E-state index is -4.49. The van der Waals surface area contributed by atoms with Crippen LogP contribution in [0.25, 0.3) is 21.8 Å². The average Bonchev–Trinajstić information content (AvgIpc) is 2.72. The summed E-state index contributed by atoms with van der Waals surface area (Å²) in [5.41, 5.74) is 0.871. The zero-order chi connectivity index (χ0) is 20.9. The molecule has 0 spiro atoms. The number of alkyl halides is 2. The first-order valence-corrected chi connectivity index (χ1v) is 12.8. The van der Waals surface area contributed by atoms with Gasteiger partial charge in [-0.05, 0) is 68.3 Å². The van der Waals surface area contributed by atoms with Gasteiger partial charge in [0.15, 0.2) is 10.1 Å². The van der Waals surface area contributed by atoms with E-state index in [2.05, 4.69) is 41.8 Å². The second-order valence-corrected chi connectivity index (χ2v) is 16.0. The lowest BCUT2D eigenvalue weighted by Crippen LogP contribution is -2.35. The van der Waals surface area contributed by atoms with Gasteiger partial charge in [-0.25, -0.2) is 26.8 Å². The summed E-state index contributed by atoms with van der Waals surface area (Å²) in [6.07, 6.45) is 0. The van der Waals surface area contributed by atoms with Crippen molar-refractivity contribution in [3.05, 3.63) is 72.8 Å². The molecule has 4 rings (SSSR count). The number of aromatic nitrogens is 2. The lowest BCUT2D eigenvalue weighted by molar-refractivity contribution is 0.581. The van der Waals surface area contributed by atoms with Crippen LogP contribution in [-0.4, -0.2) is 28.7 Å². The highest BCUT2D eigenvalue weighted by atomic mass is 79.9. The number of nitrogens with zero attached hydrogens (tertiary/aromatic N) is 2. The highest BCUT2D eigenvalue weighted by Crippen LogP contribution is 2.45. The largest absolute Gasteiger partial charge is 0.292 e. The lowest BCUT2D eigenvalue weighted by Gasteiger charge is -2.20. The zero-order valence-corrected chi connectivity index (χ0v) is 19.3. The topological polar surface area (TPSA) is 94.1 Å². The third-order valence-electron chi connectivity index (χ3n) is 4.32. The van der Waals surface area contributed by atoms with Gasteiger partial charge in [0.2, 0.25) is 19.7 Å². The third-order valence-corrected chi connectivity index (χ3v) is 13.6. The molecule has 0 saturated heterocycles. The summed E-state index contributed by atoms with van der Waals surface area (Å²) >= 11 is 5.77. The lowest BCUT2D eigenvalue weighted by atomic mass is 10.2. The molecule has 0 bridgehead atoms. The summed E-state index contributed by atoms with van der Waals surface area (Å²) < 4.78 is 50.3. The highest BCUT2D eigenvalue weighted by Gasteiger charge is 2.54. The maximum atomic E-state index is 13.2. The average molecular weight is 556 g/mol. The van der Waals surface area contributed by atoms with Crippen LogP contribution in [0.15, 0.2) is 82.8 Å². The van der Waals surface area contributed by atoms with Crippen LogP contribution < -0.4 is 0 Å². The Balaban J connectivity index is 1.85. The van der Waals surface area contributed by atoms with E-state index in [9.17, 15) is 16.8 Å². The van der Waals surface area contributed by atoms with Crippen molar-refractivity contribution in [3.8, 4) is 0 Å². The molecule has 10 heteroatoms. The number of rotatable bonds is 4. The van der Waals surface area contributed by atoms with Gasteiger partial charge in [0.05, 0.1) is 11.0 Å². The molecule has 0 aliphatic carbocycles. The van der Waals surface area contributed by atoms with Gasteiger partial charge in [0.25, 0.3) is 1.90 Å². The van der Waals surface area contributed by atoms with Crippen LogP contribution in [-0.2, 0) is 19.7 Å². The smallest absolute Gasteiger partial charge is 0.236 e. The number of benzene rings is 2. The van der Waals surface area contributed by atoms with Crippen molar-refractivity contribution in [2.24, 2.45) is 0 Å². The Morgan fingerprint density at radius 2 is 0.966 bits per heavy atom. The Kier molecular flexibility index (Phi) is 5.01. The van der Waals surface area contributed by atoms with Crippen LogP contribution in [0.3, 0.4) is 0 Å². The summed E-state index contributed by atoms with van der Waals surface area (Å²) in [6.45, 7) is 0. The SMILES string of the molecule is O=S(=O)(c1ccc2ccccc2n1)C(Br)(Br)S(=O)(=O)c1ccc2ccccc2n1. The number of halogens is 2. The van der Waals surface area contributed by atoms with E-state index in [4.69, 9.17) is 0 Å². The van der Waals surface area contributed by atoms with Crippen LogP contribution in [0.2, 0.25) is 0 Å². The molecule has 0 saturated carbocycles. The first kappa shape index (κ1) is 20.4. The van der Waals surface area contributed by atoms with Crippen LogP contribution in [0.4, 0.5) is 0 Å². The van der Waals surface area contributed by atoms with Gasteiger partial charge in [-0.3, -0.25) is 0 Å². The van der Waals surface area contributed by atoms with E-state index in [-0.39, 0.29) is 10.1 Å². The Morgan fingerprint density at radius 3 is 1.38 bits per heavy atom. The van der Waals surface area contributed by atoms with Gasteiger partial charge in [-0.15, -0.1) is 0 Å². The van der Waals surface area contributed by atoms with Crippen molar-refractivity contribution in [1.82, 2.24) is 9.97 Å². The van der Waals surface area contributed by atoms with Crippen molar-refractivity contribution in [1.29, 1.82) is 0 Å². The second kappa shape index (κ2) is 7.12. The van der Waals surface area contributed by atoms with E-state index in [1.54, 1.807) is 60.7 Å². The summed E-state index contributed by atoms with van der Waals surface area (Å²) in [7, 11) is -8.99. The summed E-state index contributed by atoms with van der Waals surface area (Å²) in [6, 6.07) is 19.6. The first-order chi connectivity index (χ1) is 13.6. The summed E-state index contributed by atoms with van der Waals surface area (Å²) in [5.74, 6) is 0. The van der Waals surface area contributed by atoms with E-state index in [0.29, 0.717) is 11.0 Å². The Bertz CT molecular complexity index is 1360. The van der Waals surface area contributed by atoms with Gasteiger partial charge in [0.1, 0.15) is 0 Å². The zero-order valence-electron chi connectivity index (χ0n) is 14.5. The molecule has 0 amide bonds. The first-order valence-electron chi connectivity index (χ1n) is 8.23. The van der Waals surface area contributed by atoms with Crippen molar-refractivity contribution < 1.29 is 16.8 Å². The molecule has 0 aliphatic rings. The molecular weight excluding hydrogens is 544 g/mol. The molecule has 0 radical (unpaired) electrons. The fourth-order valence-electron chi connectivity index (χ4n) is 2.78. The van der Waals surface area contributed by atoms with Gasteiger partial charge < -0.3 is 0 Å². The van der Waals surface area contributed by atoms with Crippen molar-refractivity contribution >= 4 is 73.3 Å². The predicted octanol–water partition coefficient (Wildman–Crippen LogP) is 4.43. The van der Waals surface area contributed by atoms with Crippen molar-refractivity contribution in [2.45, 2.75) is 11.9 Å². The summed E-state index contributed by atoms with van der Waals surface area (Å²) in [4.78, 5) is 8.27. The standard InChI is InChI=1S/C19H12Br2N2O4S2/c20-19(21,28(24,25)17-11-9-13-5-1-3-7-15(13)22-17)29(26,27)18-12-10-14-6-2-4-8-16(14)23-18/h1-12H. The molecular formula is C19H12Br2N2O4S2. The van der Waals surface area contributed by atoms with Gasteiger partial charge >= 0.3 is 0 Å². The van der Waals surface area contributed by atoms with Gasteiger partial charge in [0, 0.05) is 10.8 Å². The summed E-state index contributed by atoms with van der Waals surface area (Å²) in [5, 5.41) is 0.712. The Morgan fingerprint density at radius 1 is 0.586 bits per heavy atom. The molecule has 0 aliphatic heterocycles. The van der Waals surface area contributed by atoms with Gasteiger partial charge in [-0.1, -0.05) is 36.4 Å². The molecule has 148 valence electrons. The molecule has 29 heavy (non-hydrogen) atoms. The molecule has 4 aromatic rings. The quantitative estimate of drug-likeness (QED) is 0.346. The normalized spacial score (nSPS) is 13.0. The van der Waals surface area contributed by atoms with Crippen LogP contribution in [0.5, 0.6) is 0 Å². The number of pyridine rings is 2. The molecule has 2 aromatic heterocycles. The van der Waals surface area contributed by atoms with E-state index in [0.717, 1.165) is 10.8 Å². The number of para-hydroxylation sites is 2. The van der Waals surface area contributed by atoms with Crippen LogP contribution in [0.1, 0.15) is 0 Å². The fourth-order valence-corrected chi connectivity index (χ4v) is 7.86. The number of sulfone groups is 2. The molecule has 0 atom stereocenters. The van der Waals surface area contributed by atoms with Crippen molar-refractivity contribution in [3.63, 3.8) is 0 Å². The van der Waals surface area contributed by atoms with Gasteiger partial charge in [-0.2, -0.15) is 0 Å². The molecule has 2 aromatic carbocycles. The predicted molar refractivity (Wildman–Crippen MR) is 118 cm³/mol. The fraction of sp³-hybridized carbons (Fsp3) is 0.0526. The Labute approximate surface area is 184 Å².